The predicted octanol–water partition coefficient (Wildman–Crippen LogP) is 4.96. The van der Waals surface area contributed by atoms with Crippen LogP contribution in [-0.2, 0) is 14.3 Å². The number of carbonyl (C=O) groups excluding carboxylic acids is 2. The van der Waals surface area contributed by atoms with Gasteiger partial charge in [0.2, 0.25) is 0 Å². The third-order valence-corrected chi connectivity index (χ3v) is 5.43. The van der Waals surface area contributed by atoms with E-state index in [4.69, 9.17) is 14.2 Å². The smallest absolute Gasteiger partial charge is 0.341 e. The zero-order valence-corrected chi connectivity index (χ0v) is 18.4. The number of rotatable bonds is 9. The van der Waals surface area contributed by atoms with E-state index < -0.39 is 11.6 Å². The van der Waals surface area contributed by atoms with Gasteiger partial charge in [0.15, 0.2) is 0 Å². The van der Waals surface area contributed by atoms with Gasteiger partial charge >= 0.3 is 5.97 Å². The Bertz CT molecular complexity index is 701. The van der Waals surface area contributed by atoms with Gasteiger partial charge in [0.25, 0.3) is 5.91 Å². The standard InChI is InChI=1S/C23H35NO5/c1-6-17(5)29-20-12-11-18(14-19(20)21(25)27-7-2)24-22(26)23(28-8-3)13-9-10-16(4)15-23/h11-12,14,16-17H,6-10,13,15H2,1-5H3,(H,24,26)/t16-,17-,23+/m1/s1. The molecular weight excluding hydrogens is 370 g/mol. The molecule has 1 amide bonds. The van der Waals surface area contributed by atoms with E-state index in [1.54, 1.807) is 25.1 Å². The van der Waals surface area contributed by atoms with Crippen molar-refractivity contribution in [3.63, 3.8) is 0 Å². The van der Waals surface area contributed by atoms with Crippen molar-refractivity contribution in [2.45, 2.75) is 78.4 Å². The fourth-order valence-electron chi connectivity index (χ4n) is 3.81. The highest BCUT2D eigenvalue weighted by Crippen LogP contribution is 2.36. The second-order valence-electron chi connectivity index (χ2n) is 7.85. The molecule has 0 bridgehead atoms. The maximum absolute atomic E-state index is 13.2. The summed E-state index contributed by atoms with van der Waals surface area (Å²) >= 11 is 0. The molecule has 0 heterocycles. The highest BCUT2D eigenvalue weighted by Gasteiger charge is 2.42. The lowest BCUT2D eigenvalue weighted by Crippen LogP contribution is -2.48. The lowest BCUT2D eigenvalue weighted by Gasteiger charge is -2.38. The first-order chi connectivity index (χ1) is 13.8. The molecule has 1 aliphatic rings. The fourth-order valence-corrected chi connectivity index (χ4v) is 3.81. The Hall–Kier alpha value is -2.08. The van der Waals surface area contributed by atoms with Gasteiger partial charge in [-0.1, -0.05) is 20.3 Å². The zero-order chi connectivity index (χ0) is 21.4. The maximum Gasteiger partial charge on any atom is 0.341 e. The summed E-state index contributed by atoms with van der Waals surface area (Å²) in [7, 11) is 0. The summed E-state index contributed by atoms with van der Waals surface area (Å²) in [5.41, 5.74) is 0.0295. The molecule has 0 spiro atoms. The maximum atomic E-state index is 13.2. The molecule has 1 aliphatic carbocycles. The number of hydrogen-bond acceptors (Lipinski definition) is 5. The average Bonchev–Trinajstić information content (AvgIpc) is 2.69. The van der Waals surface area contributed by atoms with Crippen LogP contribution < -0.4 is 10.1 Å². The van der Waals surface area contributed by atoms with Gasteiger partial charge < -0.3 is 19.5 Å². The molecule has 0 unspecified atom stereocenters. The molecule has 0 saturated heterocycles. The Labute approximate surface area is 174 Å². The molecule has 1 saturated carbocycles. The number of nitrogens with one attached hydrogen (secondary N) is 1. The van der Waals surface area contributed by atoms with Crippen LogP contribution in [0.15, 0.2) is 18.2 Å². The van der Waals surface area contributed by atoms with Gasteiger partial charge in [-0.3, -0.25) is 4.79 Å². The van der Waals surface area contributed by atoms with Crippen LogP contribution in [0, 0.1) is 5.92 Å². The van der Waals surface area contributed by atoms with Gasteiger partial charge in [-0.25, -0.2) is 4.79 Å². The van der Waals surface area contributed by atoms with E-state index in [1.165, 1.54) is 0 Å². The third kappa shape index (κ3) is 5.95. The number of ether oxygens (including phenoxy) is 3. The largest absolute Gasteiger partial charge is 0.490 e. The van der Waals surface area contributed by atoms with E-state index in [9.17, 15) is 9.59 Å². The van der Waals surface area contributed by atoms with Gasteiger partial charge in [0.05, 0.1) is 12.7 Å². The summed E-state index contributed by atoms with van der Waals surface area (Å²) in [6, 6.07) is 5.09. The quantitative estimate of drug-likeness (QED) is 0.588. The molecular formula is C23H35NO5. The van der Waals surface area contributed by atoms with Crippen molar-refractivity contribution in [1.82, 2.24) is 0 Å². The Morgan fingerprint density at radius 1 is 1.24 bits per heavy atom. The van der Waals surface area contributed by atoms with Crippen LogP contribution in [0.5, 0.6) is 5.75 Å². The summed E-state index contributed by atoms with van der Waals surface area (Å²) in [6.45, 7) is 10.5. The van der Waals surface area contributed by atoms with Crippen molar-refractivity contribution in [3.05, 3.63) is 23.8 Å². The number of carbonyl (C=O) groups is 2. The van der Waals surface area contributed by atoms with E-state index in [0.717, 1.165) is 19.3 Å². The number of amides is 1. The molecule has 0 aromatic heterocycles. The molecule has 1 fully saturated rings. The monoisotopic (exact) mass is 405 g/mol. The normalized spacial score (nSPS) is 22.6. The van der Waals surface area contributed by atoms with Crippen molar-refractivity contribution in [3.8, 4) is 5.75 Å². The summed E-state index contributed by atoms with van der Waals surface area (Å²) in [5.74, 6) is 0.271. The van der Waals surface area contributed by atoms with E-state index in [-0.39, 0.29) is 18.6 Å². The topological polar surface area (TPSA) is 73.9 Å². The van der Waals surface area contributed by atoms with Crippen molar-refractivity contribution in [1.29, 1.82) is 0 Å². The minimum absolute atomic E-state index is 0.0337. The van der Waals surface area contributed by atoms with Crippen LogP contribution in [0.25, 0.3) is 0 Å². The molecule has 162 valence electrons. The summed E-state index contributed by atoms with van der Waals surface area (Å²) in [6.07, 6.45) is 4.26. The van der Waals surface area contributed by atoms with E-state index >= 15 is 0 Å². The van der Waals surface area contributed by atoms with Crippen molar-refractivity contribution < 1.29 is 23.8 Å². The molecule has 6 heteroatoms. The van der Waals surface area contributed by atoms with Gasteiger partial charge in [0, 0.05) is 12.3 Å². The van der Waals surface area contributed by atoms with Crippen LogP contribution in [-0.4, -0.2) is 36.8 Å². The molecule has 0 radical (unpaired) electrons. The number of hydrogen-bond donors (Lipinski definition) is 1. The first-order valence-corrected chi connectivity index (χ1v) is 10.8. The number of anilines is 1. The van der Waals surface area contributed by atoms with Gasteiger partial charge in [0.1, 0.15) is 16.9 Å². The molecule has 1 aromatic rings. The molecule has 3 atom stereocenters. The second kappa shape index (κ2) is 10.6. The highest BCUT2D eigenvalue weighted by atomic mass is 16.5. The Morgan fingerprint density at radius 2 is 2.00 bits per heavy atom. The van der Waals surface area contributed by atoms with Gasteiger partial charge in [-0.15, -0.1) is 0 Å². The molecule has 29 heavy (non-hydrogen) atoms. The highest BCUT2D eigenvalue weighted by molar-refractivity contribution is 5.99. The molecule has 1 aromatic carbocycles. The first-order valence-electron chi connectivity index (χ1n) is 10.8. The van der Waals surface area contributed by atoms with Crippen molar-refractivity contribution in [2.24, 2.45) is 5.92 Å². The number of esters is 1. The lowest BCUT2D eigenvalue weighted by molar-refractivity contribution is -0.147. The zero-order valence-electron chi connectivity index (χ0n) is 18.4. The minimum Gasteiger partial charge on any atom is -0.490 e. The molecule has 1 N–H and O–H groups in total. The predicted molar refractivity (Wildman–Crippen MR) is 113 cm³/mol. The van der Waals surface area contributed by atoms with Crippen molar-refractivity contribution in [2.75, 3.05) is 18.5 Å². The van der Waals surface area contributed by atoms with Crippen LogP contribution in [0.3, 0.4) is 0 Å². The van der Waals surface area contributed by atoms with Crippen LogP contribution in [0.4, 0.5) is 5.69 Å². The molecule has 6 nitrogen and oxygen atoms in total. The van der Waals surface area contributed by atoms with E-state index in [0.29, 0.717) is 42.4 Å². The Kier molecular flexibility index (Phi) is 8.50. The SMILES string of the molecule is CCOC(=O)c1cc(NC(=O)[C@]2(OCC)CCC[C@@H](C)C2)ccc1O[C@H](C)CC. The molecule has 0 aliphatic heterocycles. The van der Waals surface area contributed by atoms with E-state index in [2.05, 4.69) is 12.2 Å². The van der Waals surface area contributed by atoms with Crippen LogP contribution >= 0.6 is 0 Å². The molecule has 2 rings (SSSR count). The minimum atomic E-state index is -0.817. The Morgan fingerprint density at radius 3 is 2.62 bits per heavy atom. The first kappa shape index (κ1) is 23.2. The van der Waals surface area contributed by atoms with Crippen molar-refractivity contribution >= 4 is 17.6 Å². The van der Waals surface area contributed by atoms with Gasteiger partial charge in [-0.2, -0.15) is 0 Å². The van der Waals surface area contributed by atoms with Crippen LogP contribution in [0.1, 0.15) is 77.1 Å². The summed E-state index contributed by atoms with van der Waals surface area (Å²) < 4.78 is 17.0. The van der Waals surface area contributed by atoms with Gasteiger partial charge in [-0.05, 0) is 70.6 Å². The van der Waals surface area contributed by atoms with Crippen LogP contribution in [0.2, 0.25) is 0 Å². The lowest BCUT2D eigenvalue weighted by atomic mass is 9.78. The van der Waals surface area contributed by atoms with E-state index in [1.807, 2.05) is 20.8 Å². The summed E-state index contributed by atoms with van der Waals surface area (Å²) in [4.78, 5) is 25.6. The Balaban J connectivity index is 2.27. The third-order valence-electron chi connectivity index (χ3n) is 5.43. The summed E-state index contributed by atoms with van der Waals surface area (Å²) in [5, 5.41) is 2.96. The number of benzene rings is 1. The second-order valence-corrected chi connectivity index (χ2v) is 7.85. The fraction of sp³-hybridized carbons (Fsp3) is 0.652. The average molecular weight is 406 g/mol.